The topological polar surface area (TPSA) is 61.4 Å². The zero-order valence-corrected chi connectivity index (χ0v) is 17.8. The zero-order valence-electron chi connectivity index (χ0n) is 15.5. The molecule has 0 aliphatic carbocycles. The molecular weight excluding hydrogens is 429 g/mol. The number of hydrogen-bond acceptors (Lipinski definition) is 6. The van der Waals surface area contributed by atoms with Gasteiger partial charge in [0.05, 0.1) is 17.3 Å². The number of nitrogens with zero attached hydrogens (tertiary/aromatic N) is 4. The number of anilines is 2. The van der Waals surface area contributed by atoms with Crippen LogP contribution >= 0.6 is 34.5 Å². The van der Waals surface area contributed by atoms with E-state index in [4.69, 9.17) is 23.2 Å². The van der Waals surface area contributed by atoms with E-state index in [1.54, 1.807) is 18.3 Å². The monoisotopic (exact) mass is 447 g/mol. The summed E-state index contributed by atoms with van der Waals surface area (Å²) in [5.41, 5.74) is 1.51. The average molecular weight is 448 g/mol. The van der Waals surface area contributed by atoms with Crippen LogP contribution in [0.15, 0.2) is 48.0 Å². The highest BCUT2D eigenvalue weighted by Crippen LogP contribution is 2.32. The fraction of sp³-hybridized carbons (Fsp3) is 0.250. The van der Waals surface area contributed by atoms with Crippen molar-refractivity contribution < 1.29 is 4.79 Å². The molecule has 0 radical (unpaired) electrons. The molecule has 9 heteroatoms. The Morgan fingerprint density at radius 1 is 1.14 bits per heavy atom. The van der Waals surface area contributed by atoms with Gasteiger partial charge in [0.1, 0.15) is 5.82 Å². The van der Waals surface area contributed by atoms with Crippen molar-refractivity contribution in [3.05, 3.63) is 58.0 Å². The van der Waals surface area contributed by atoms with E-state index >= 15 is 0 Å². The molecule has 29 heavy (non-hydrogen) atoms. The van der Waals surface area contributed by atoms with Crippen LogP contribution in [0.1, 0.15) is 0 Å². The van der Waals surface area contributed by atoms with Crippen molar-refractivity contribution in [1.29, 1.82) is 0 Å². The molecule has 0 atom stereocenters. The third-order valence-electron chi connectivity index (χ3n) is 4.67. The van der Waals surface area contributed by atoms with E-state index < -0.39 is 0 Å². The van der Waals surface area contributed by atoms with Gasteiger partial charge in [0.2, 0.25) is 5.91 Å². The van der Waals surface area contributed by atoms with Crippen molar-refractivity contribution in [2.24, 2.45) is 0 Å². The molecule has 0 saturated carbocycles. The van der Waals surface area contributed by atoms with Crippen LogP contribution in [0.4, 0.5) is 10.9 Å². The molecule has 1 N–H and O–H groups in total. The molecule has 3 heterocycles. The van der Waals surface area contributed by atoms with Crippen LogP contribution in [0.5, 0.6) is 0 Å². The number of hydrogen-bond donors (Lipinski definition) is 1. The molecule has 1 aliphatic heterocycles. The minimum absolute atomic E-state index is 0.0700. The SMILES string of the molecule is O=C(CN1CCN(c2ccccn2)CC1)Nc1nc(-c2ccc(Cl)cc2Cl)cs1. The third kappa shape index (κ3) is 5.05. The predicted molar refractivity (Wildman–Crippen MR) is 119 cm³/mol. The Balaban J connectivity index is 1.30. The molecule has 1 amide bonds. The number of pyridine rings is 1. The molecule has 1 fully saturated rings. The molecule has 0 bridgehead atoms. The summed E-state index contributed by atoms with van der Waals surface area (Å²) >= 11 is 13.6. The molecule has 0 spiro atoms. The van der Waals surface area contributed by atoms with Crippen molar-refractivity contribution in [2.45, 2.75) is 0 Å². The Morgan fingerprint density at radius 3 is 2.69 bits per heavy atom. The summed E-state index contributed by atoms with van der Waals surface area (Å²) in [4.78, 5) is 25.7. The van der Waals surface area contributed by atoms with E-state index in [0.29, 0.717) is 21.7 Å². The molecule has 3 aromatic rings. The first kappa shape index (κ1) is 20.1. The number of halogens is 2. The van der Waals surface area contributed by atoms with E-state index in [-0.39, 0.29) is 5.91 Å². The Hall–Kier alpha value is -2.19. The lowest BCUT2D eigenvalue weighted by atomic mass is 10.2. The van der Waals surface area contributed by atoms with E-state index in [2.05, 4.69) is 25.1 Å². The number of carbonyl (C=O) groups excluding carboxylic acids is 1. The Bertz CT molecular complexity index is 990. The molecule has 4 rings (SSSR count). The summed E-state index contributed by atoms with van der Waals surface area (Å²) in [5.74, 6) is 0.909. The van der Waals surface area contributed by atoms with Crippen molar-refractivity contribution in [1.82, 2.24) is 14.9 Å². The first-order valence-electron chi connectivity index (χ1n) is 9.17. The van der Waals surface area contributed by atoms with Crippen LogP contribution in [0.2, 0.25) is 10.0 Å². The maximum atomic E-state index is 12.4. The molecule has 0 unspecified atom stereocenters. The number of aromatic nitrogens is 2. The molecule has 1 saturated heterocycles. The summed E-state index contributed by atoms with van der Waals surface area (Å²) in [6, 6.07) is 11.2. The lowest BCUT2D eigenvalue weighted by Crippen LogP contribution is -2.48. The van der Waals surface area contributed by atoms with Crippen LogP contribution < -0.4 is 10.2 Å². The van der Waals surface area contributed by atoms with Gasteiger partial charge in [-0.15, -0.1) is 11.3 Å². The average Bonchev–Trinajstić information content (AvgIpc) is 3.17. The van der Waals surface area contributed by atoms with Gasteiger partial charge in [0.15, 0.2) is 5.13 Å². The fourth-order valence-electron chi connectivity index (χ4n) is 3.19. The molecule has 2 aromatic heterocycles. The van der Waals surface area contributed by atoms with E-state index in [1.807, 2.05) is 29.6 Å². The van der Waals surface area contributed by atoms with Gasteiger partial charge < -0.3 is 10.2 Å². The second kappa shape index (κ2) is 9.09. The highest BCUT2D eigenvalue weighted by Gasteiger charge is 2.20. The summed E-state index contributed by atoms with van der Waals surface area (Å²) in [6.45, 7) is 3.66. The predicted octanol–water partition coefficient (Wildman–Crippen LogP) is 4.27. The Kier molecular flexibility index (Phi) is 6.30. The second-order valence-electron chi connectivity index (χ2n) is 6.66. The maximum absolute atomic E-state index is 12.4. The molecule has 6 nitrogen and oxygen atoms in total. The first-order chi connectivity index (χ1) is 14.1. The Morgan fingerprint density at radius 2 is 1.97 bits per heavy atom. The number of thiazole rings is 1. The standard InChI is InChI=1S/C20H19Cl2N5OS/c21-14-4-5-15(16(22)11-14)17-13-29-20(24-17)25-19(28)12-26-7-9-27(10-8-26)18-3-1-2-6-23-18/h1-6,11,13H,7-10,12H2,(H,24,25,28). The number of rotatable bonds is 5. The van der Waals surface area contributed by atoms with Crippen LogP contribution in [0, 0.1) is 0 Å². The van der Waals surface area contributed by atoms with Crippen LogP contribution in [0.25, 0.3) is 11.3 Å². The van der Waals surface area contributed by atoms with Gasteiger partial charge in [0.25, 0.3) is 0 Å². The highest BCUT2D eigenvalue weighted by molar-refractivity contribution is 7.14. The van der Waals surface area contributed by atoms with Crippen molar-refractivity contribution in [3.8, 4) is 11.3 Å². The van der Waals surface area contributed by atoms with Gasteiger partial charge in [-0.1, -0.05) is 29.3 Å². The van der Waals surface area contributed by atoms with Crippen molar-refractivity contribution in [2.75, 3.05) is 42.9 Å². The van der Waals surface area contributed by atoms with E-state index in [1.165, 1.54) is 11.3 Å². The zero-order chi connectivity index (χ0) is 20.2. The summed E-state index contributed by atoms with van der Waals surface area (Å²) in [6.07, 6.45) is 1.80. The van der Waals surface area contributed by atoms with Gasteiger partial charge in [0, 0.05) is 48.3 Å². The summed E-state index contributed by atoms with van der Waals surface area (Å²) in [5, 5.41) is 6.42. The molecule has 1 aromatic carbocycles. The number of piperazine rings is 1. The van der Waals surface area contributed by atoms with Crippen molar-refractivity contribution >= 4 is 51.4 Å². The lowest BCUT2D eigenvalue weighted by Gasteiger charge is -2.34. The van der Waals surface area contributed by atoms with Crippen LogP contribution in [-0.4, -0.2) is 53.5 Å². The number of amides is 1. The van der Waals surface area contributed by atoms with E-state index in [9.17, 15) is 4.79 Å². The molecule has 1 aliphatic rings. The number of nitrogens with one attached hydrogen (secondary N) is 1. The van der Waals surface area contributed by atoms with Crippen LogP contribution in [-0.2, 0) is 4.79 Å². The quantitative estimate of drug-likeness (QED) is 0.632. The first-order valence-corrected chi connectivity index (χ1v) is 10.8. The van der Waals surface area contributed by atoms with Gasteiger partial charge in [-0.05, 0) is 30.3 Å². The normalized spacial score (nSPS) is 14.8. The van der Waals surface area contributed by atoms with Gasteiger partial charge in [-0.2, -0.15) is 0 Å². The second-order valence-corrected chi connectivity index (χ2v) is 8.36. The Labute approximate surface area is 183 Å². The highest BCUT2D eigenvalue weighted by atomic mass is 35.5. The van der Waals surface area contributed by atoms with Gasteiger partial charge in [-0.25, -0.2) is 9.97 Å². The number of carbonyl (C=O) groups is 1. The smallest absolute Gasteiger partial charge is 0.240 e. The molecular formula is C20H19Cl2N5OS. The molecule has 150 valence electrons. The minimum atomic E-state index is -0.0700. The van der Waals surface area contributed by atoms with E-state index in [0.717, 1.165) is 43.3 Å². The van der Waals surface area contributed by atoms with Gasteiger partial charge >= 0.3 is 0 Å². The third-order valence-corrected chi connectivity index (χ3v) is 5.98. The largest absolute Gasteiger partial charge is 0.354 e. The minimum Gasteiger partial charge on any atom is -0.354 e. The summed E-state index contributed by atoms with van der Waals surface area (Å²) in [7, 11) is 0. The van der Waals surface area contributed by atoms with Crippen molar-refractivity contribution in [3.63, 3.8) is 0 Å². The van der Waals surface area contributed by atoms with Crippen LogP contribution in [0.3, 0.4) is 0 Å². The van der Waals surface area contributed by atoms with Gasteiger partial charge in [-0.3, -0.25) is 9.69 Å². The summed E-state index contributed by atoms with van der Waals surface area (Å²) < 4.78 is 0. The fourth-order valence-corrected chi connectivity index (χ4v) is 4.42. The lowest BCUT2D eigenvalue weighted by molar-refractivity contribution is -0.117. The maximum Gasteiger partial charge on any atom is 0.240 e. The number of benzene rings is 1.